The first kappa shape index (κ1) is 16.7. The van der Waals surface area contributed by atoms with Crippen molar-refractivity contribution in [3.8, 4) is 0 Å². The maximum atomic E-state index is 14.1. The minimum absolute atomic E-state index is 0.0131. The molecule has 1 aliphatic heterocycles. The Morgan fingerprint density at radius 2 is 2.14 bits per heavy atom. The zero-order valence-corrected chi connectivity index (χ0v) is 13.8. The van der Waals surface area contributed by atoms with Crippen LogP contribution in [0.1, 0.15) is 44.6 Å². The number of piperidine rings is 1. The second-order valence-corrected chi connectivity index (χ2v) is 7.58. The van der Waals surface area contributed by atoms with Gasteiger partial charge in [0.2, 0.25) is 10.0 Å². The fraction of sp³-hybridized carbons (Fsp3) is 0.600. The summed E-state index contributed by atoms with van der Waals surface area (Å²) in [7, 11) is -3.77. The molecule has 1 aromatic carbocycles. The van der Waals surface area contributed by atoms with Crippen LogP contribution >= 0.6 is 11.6 Å². The van der Waals surface area contributed by atoms with Crippen LogP contribution in [0.4, 0.5) is 4.39 Å². The monoisotopic (exact) mass is 333 g/mol. The van der Waals surface area contributed by atoms with Crippen molar-refractivity contribution in [3.63, 3.8) is 0 Å². The number of hydrogen-bond acceptors (Lipinski definition) is 2. The molecule has 1 fully saturated rings. The van der Waals surface area contributed by atoms with Crippen LogP contribution in [0.25, 0.3) is 0 Å². The van der Waals surface area contributed by atoms with E-state index in [0.29, 0.717) is 12.1 Å². The highest BCUT2D eigenvalue weighted by Gasteiger charge is 2.34. The van der Waals surface area contributed by atoms with Crippen LogP contribution in [0, 0.1) is 5.82 Å². The molecule has 0 saturated carbocycles. The first-order chi connectivity index (χ1) is 10.0. The number of alkyl halides is 1. The van der Waals surface area contributed by atoms with Crippen molar-refractivity contribution in [2.45, 2.75) is 55.8 Å². The van der Waals surface area contributed by atoms with Crippen molar-refractivity contribution in [2.24, 2.45) is 0 Å². The summed E-state index contributed by atoms with van der Waals surface area (Å²) >= 11 is 5.65. The third kappa shape index (κ3) is 3.58. The van der Waals surface area contributed by atoms with Crippen LogP contribution in [-0.2, 0) is 15.9 Å². The molecule has 1 aromatic rings. The van der Waals surface area contributed by atoms with Crippen LogP contribution in [0.3, 0.4) is 0 Å². The third-order valence-electron chi connectivity index (χ3n) is 3.93. The lowest BCUT2D eigenvalue weighted by atomic mass is 10.0. The van der Waals surface area contributed by atoms with Gasteiger partial charge < -0.3 is 0 Å². The van der Waals surface area contributed by atoms with E-state index >= 15 is 0 Å². The molecule has 1 aliphatic rings. The minimum atomic E-state index is -3.77. The van der Waals surface area contributed by atoms with Gasteiger partial charge in [0.15, 0.2) is 0 Å². The number of benzene rings is 1. The van der Waals surface area contributed by atoms with E-state index in [1.807, 2.05) is 6.92 Å². The average molecular weight is 334 g/mol. The van der Waals surface area contributed by atoms with E-state index in [0.717, 1.165) is 32.1 Å². The summed E-state index contributed by atoms with van der Waals surface area (Å²) < 4.78 is 41.1. The van der Waals surface area contributed by atoms with Gasteiger partial charge in [-0.05, 0) is 37.0 Å². The van der Waals surface area contributed by atoms with E-state index in [-0.39, 0.29) is 16.8 Å². The fourth-order valence-electron chi connectivity index (χ4n) is 2.88. The van der Waals surface area contributed by atoms with Crippen LogP contribution < -0.4 is 0 Å². The second kappa shape index (κ2) is 7.07. The first-order valence-electron chi connectivity index (χ1n) is 7.37. The Labute approximate surface area is 131 Å². The van der Waals surface area contributed by atoms with Gasteiger partial charge >= 0.3 is 0 Å². The third-order valence-corrected chi connectivity index (χ3v) is 6.23. The molecule has 0 radical (unpaired) electrons. The van der Waals surface area contributed by atoms with Crippen molar-refractivity contribution in [2.75, 3.05) is 6.54 Å². The Morgan fingerprint density at radius 1 is 1.38 bits per heavy atom. The topological polar surface area (TPSA) is 37.4 Å². The minimum Gasteiger partial charge on any atom is -0.207 e. The number of hydrogen-bond donors (Lipinski definition) is 0. The highest BCUT2D eigenvalue weighted by molar-refractivity contribution is 7.89. The largest absolute Gasteiger partial charge is 0.246 e. The van der Waals surface area contributed by atoms with Crippen molar-refractivity contribution in [1.29, 1.82) is 0 Å². The van der Waals surface area contributed by atoms with Crippen LogP contribution in [-0.4, -0.2) is 25.3 Å². The van der Waals surface area contributed by atoms with Gasteiger partial charge in [0.25, 0.3) is 0 Å². The molecule has 1 heterocycles. The highest BCUT2D eigenvalue weighted by Crippen LogP contribution is 2.29. The van der Waals surface area contributed by atoms with Gasteiger partial charge in [-0.15, -0.1) is 11.6 Å². The molecule has 0 aromatic heterocycles. The summed E-state index contributed by atoms with van der Waals surface area (Å²) in [4.78, 5) is -0.237. The summed E-state index contributed by atoms with van der Waals surface area (Å²) in [6.07, 6.45) is 4.46. The Hall–Kier alpha value is -0.650. The molecule has 118 valence electrons. The van der Waals surface area contributed by atoms with E-state index in [1.165, 1.54) is 16.4 Å². The van der Waals surface area contributed by atoms with Crippen molar-refractivity contribution >= 4 is 21.6 Å². The number of rotatable bonds is 5. The lowest BCUT2D eigenvalue weighted by molar-refractivity contribution is 0.239. The summed E-state index contributed by atoms with van der Waals surface area (Å²) in [5.41, 5.74) is 0.580. The van der Waals surface area contributed by atoms with Crippen LogP contribution in [0.2, 0.25) is 0 Å². The van der Waals surface area contributed by atoms with Gasteiger partial charge in [-0.3, -0.25) is 0 Å². The Morgan fingerprint density at radius 3 is 2.76 bits per heavy atom. The Kier molecular flexibility index (Phi) is 5.63. The summed E-state index contributed by atoms with van der Waals surface area (Å²) in [6.45, 7) is 2.51. The lowest BCUT2D eigenvalue weighted by Gasteiger charge is -2.34. The maximum Gasteiger partial charge on any atom is 0.246 e. The quantitative estimate of drug-likeness (QED) is 0.766. The molecule has 0 bridgehead atoms. The van der Waals surface area contributed by atoms with Crippen molar-refractivity contribution in [3.05, 3.63) is 29.6 Å². The number of halogens is 2. The molecule has 0 spiro atoms. The average Bonchev–Trinajstić information content (AvgIpc) is 2.47. The molecule has 21 heavy (non-hydrogen) atoms. The van der Waals surface area contributed by atoms with Crippen molar-refractivity contribution < 1.29 is 12.8 Å². The van der Waals surface area contributed by atoms with Gasteiger partial charge in [-0.1, -0.05) is 25.8 Å². The molecule has 6 heteroatoms. The van der Waals surface area contributed by atoms with Crippen LogP contribution in [0.5, 0.6) is 0 Å². The van der Waals surface area contributed by atoms with E-state index in [1.54, 1.807) is 6.07 Å². The van der Waals surface area contributed by atoms with E-state index in [2.05, 4.69) is 0 Å². The zero-order chi connectivity index (χ0) is 15.5. The molecule has 0 amide bonds. The molecule has 1 atom stereocenters. The second-order valence-electron chi connectivity index (χ2n) is 5.45. The summed E-state index contributed by atoms with van der Waals surface area (Å²) in [5, 5.41) is 0. The predicted octanol–water partition coefficient (Wildman–Crippen LogP) is 3.91. The lowest BCUT2D eigenvalue weighted by Crippen LogP contribution is -2.43. The summed E-state index contributed by atoms with van der Waals surface area (Å²) in [6, 6.07) is 4.10. The highest BCUT2D eigenvalue weighted by atomic mass is 35.5. The van der Waals surface area contributed by atoms with Gasteiger partial charge in [0.05, 0.1) is 0 Å². The maximum absolute atomic E-state index is 14.1. The molecule has 0 N–H and O–H groups in total. The molecule has 3 nitrogen and oxygen atoms in total. The smallest absolute Gasteiger partial charge is 0.207 e. The molecular formula is C15H21ClFNO2S. The molecule has 0 aliphatic carbocycles. The van der Waals surface area contributed by atoms with Gasteiger partial charge in [0, 0.05) is 18.5 Å². The number of sulfonamides is 1. The van der Waals surface area contributed by atoms with Gasteiger partial charge in [-0.2, -0.15) is 4.31 Å². The Bertz CT molecular complexity index is 589. The normalized spacial score (nSPS) is 20.6. The van der Waals surface area contributed by atoms with E-state index in [9.17, 15) is 12.8 Å². The SMILES string of the molecule is CCCC1CCCCN1S(=O)(=O)c1ccc(CCl)cc1F. The fourth-order valence-corrected chi connectivity index (χ4v) is 4.81. The van der Waals surface area contributed by atoms with Crippen LogP contribution in [0.15, 0.2) is 23.1 Å². The molecule has 1 unspecified atom stereocenters. The zero-order valence-electron chi connectivity index (χ0n) is 12.2. The first-order valence-corrected chi connectivity index (χ1v) is 9.34. The van der Waals surface area contributed by atoms with Gasteiger partial charge in [-0.25, -0.2) is 12.8 Å². The summed E-state index contributed by atoms with van der Waals surface area (Å²) in [5.74, 6) is -0.548. The molecule has 2 rings (SSSR count). The predicted molar refractivity (Wildman–Crippen MR) is 82.4 cm³/mol. The standard InChI is InChI=1S/C15H21ClFNO2S/c1-2-5-13-6-3-4-9-18(13)21(19,20)15-8-7-12(11-16)10-14(15)17/h7-8,10,13H,2-6,9,11H2,1H3. The van der Waals surface area contributed by atoms with E-state index in [4.69, 9.17) is 11.6 Å². The van der Waals surface area contributed by atoms with E-state index < -0.39 is 15.8 Å². The molecular weight excluding hydrogens is 313 g/mol. The number of nitrogens with zero attached hydrogens (tertiary/aromatic N) is 1. The van der Waals surface area contributed by atoms with Crippen molar-refractivity contribution in [1.82, 2.24) is 4.31 Å². The molecule has 1 saturated heterocycles. The van der Waals surface area contributed by atoms with Gasteiger partial charge in [0.1, 0.15) is 10.7 Å². The Balaban J connectivity index is 2.35.